The van der Waals surface area contributed by atoms with Crippen molar-refractivity contribution in [2.45, 2.75) is 51.0 Å². The number of hydrogen-bond donors (Lipinski definition) is 2. The largest absolute Gasteiger partial charge is 0.370 e. The molecule has 3 atom stereocenters. The molecule has 0 aromatic rings. The average molecular weight is 195 g/mol. The fourth-order valence-electron chi connectivity index (χ4n) is 3.26. The van der Waals surface area contributed by atoms with Gasteiger partial charge in [0, 0.05) is 0 Å². The standard InChI is InChI=1S/C11H21N3/c12-11(13)14-10-7-3-5-8-4-1-2-6-9(8)10/h8-10H,1-7H2,(H4,12,13,14). The highest BCUT2D eigenvalue weighted by atomic mass is 15.0. The molecule has 0 bridgehead atoms. The van der Waals surface area contributed by atoms with E-state index < -0.39 is 0 Å². The summed E-state index contributed by atoms with van der Waals surface area (Å²) in [5.41, 5.74) is 10.9. The number of guanidine groups is 1. The Bertz CT molecular complexity index is 219. The molecule has 80 valence electrons. The summed E-state index contributed by atoms with van der Waals surface area (Å²) in [4.78, 5) is 4.39. The molecule has 0 amide bonds. The van der Waals surface area contributed by atoms with Crippen molar-refractivity contribution in [1.82, 2.24) is 0 Å². The fraction of sp³-hybridized carbons (Fsp3) is 0.909. The Morgan fingerprint density at radius 3 is 2.43 bits per heavy atom. The van der Waals surface area contributed by atoms with Crippen molar-refractivity contribution >= 4 is 5.96 Å². The van der Waals surface area contributed by atoms with Crippen LogP contribution in [0.2, 0.25) is 0 Å². The summed E-state index contributed by atoms with van der Waals surface area (Å²) in [6, 6.07) is 0.430. The number of aliphatic imine (C=N–C) groups is 1. The SMILES string of the molecule is NC(N)=NC1CCCC2CCCCC21. The minimum atomic E-state index is 0.279. The Labute approximate surface area is 86.0 Å². The molecule has 0 radical (unpaired) electrons. The molecule has 2 aliphatic rings. The summed E-state index contributed by atoms with van der Waals surface area (Å²) < 4.78 is 0. The van der Waals surface area contributed by atoms with Crippen molar-refractivity contribution in [2.24, 2.45) is 28.3 Å². The molecule has 2 fully saturated rings. The third kappa shape index (κ3) is 2.02. The van der Waals surface area contributed by atoms with Gasteiger partial charge in [-0.25, -0.2) is 0 Å². The summed E-state index contributed by atoms with van der Waals surface area (Å²) >= 11 is 0. The topological polar surface area (TPSA) is 64.4 Å². The van der Waals surface area contributed by atoms with Crippen molar-refractivity contribution < 1.29 is 0 Å². The molecule has 3 unspecified atom stereocenters. The third-order valence-corrected chi connectivity index (χ3v) is 3.85. The van der Waals surface area contributed by atoms with Crippen molar-refractivity contribution in [3.63, 3.8) is 0 Å². The summed E-state index contributed by atoms with van der Waals surface area (Å²) in [5.74, 6) is 1.96. The molecule has 0 aromatic carbocycles. The summed E-state index contributed by atoms with van der Waals surface area (Å²) in [7, 11) is 0. The number of nitrogens with two attached hydrogens (primary N) is 2. The normalized spacial score (nSPS) is 37.3. The predicted molar refractivity (Wildman–Crippen MR) is 58.9 cm³/mol. The molecule has 0 aliphatic heterocycles. The second-order valence-electron chi connectivity index (χ2n) is 4.76. The molecule has 0 spiro atoms. The summed E-state index contributed by atoms with van der Waals surface area (Å²) in [6.07, 6.45) is 9.43. The quantitative estimate of drug-likeness (QED) is 0.493. The first kappa shape index (κ1) is 9.81. The van der Waals surface area contributed by atoms with Gasteiger partial charge in [0.15, 0.2) is 5.96 Å². The average Bonchev–Trinajstić information content (AvgIpc) is 2.18. The van der Waals surface area contributed by atoms with Crippen LogP contribution in [-0.2, 0) is 0 Å². The summed E-state index contributed by atoms with van der Waals surface area (Å²) in [6.45, 7) is 0. The third-order valence-electron chi connectivity index (χ3n) is 3.85. The van der Waals surface area contributed by atoms with E-state index in [0.29, 0.717) is 6.04 Å². The summed E-state index contributed by atoms with van der Waals surface area (Å²) in [5, 5.41) is 0. The van der Waals surface area contributed by atoms with Crippen LogP contribution >= 0.6 is 0 Å². The minimum Gasteiger partial charge on any atom is -0.370 e. The Morgan fingerprint density at radius 2 is 1.64 bits per heavy atom. The first-order chi connectivity index (χ1) is 6.77. The molecule has 2 rings (SSSR count). The van der Waals surface area contributed by atoms with Gasteiger partial charge in [-0.2, -0.15) is 0 Å². The number of hydrogen-bond acceptors (Lipinski definition) is 1. The Hall–Kier alpha value is -0.730. The van der Waals surface area contributed by atoms with Gasteiger partial charge in [0.05, 0.1) is 6.04 Å². The lowest BCUT2D eigenvalue weighted by Gasteiger charge is -2.39. The number of nitrogens with zero attached hydrogens (tertiary/aromatic N) is 1. The van der Waals surface area contributed by atoms with Gasteiger partial charge in [-0.3, -0.25) is 4.99 Å². The second kappa shape index (κ2) is 4.20. The van der Waals surface area contributed by atoms with Crippen molar-refractivity contribution in [1.29, 1.82) is 0 Å². The zero-order valence-electron chi connectivity index (χ0n) is 8.78. The molecule has 3 nitrogen and oxygen atoms in total. The first-order valence-corrected chi connectivity index (χ1v) is 5.86. The van der Waals surface area contributed by atoms with Gasteiger partial charge in [-0.05, 0) is 24.7 Å². The fourth-order valence-corrected chi connectivity index (χ4v) is 3.26. The van der Waals surface area contributed by atoms with Crippen LogP contribution in [0.25, 0.3) is 0 Å². The Morgan fingerprint density at radius 1 is 0.929 bits per heavy atom. The second-order valence-corrected chi connectivity index (χ2v) is 4.76. The lowest BCUT2D eigenvalue weighted by Crippen LogP contribution is -2.36. The predicted octanol–water partition coefficient (Wildman–Crippen LogP) is 1.62. The van der Waals surface area contributed by atoms with Gasteiger partial charge in [-0.1, -0.05) is 32.1 Å². The zero-order valence-corrected chi connectivity index (χ0v) is 8.78. The maximum atomic E-state index is 5.47. The molecule has 2 saturated carbocycles. The smallest absolute Gasteiger partial charge is 0.186 e. The minimum absolute atomic E-state index is 0.279. The van der Waals surface area contributed by atoms with Crippen LogP contribution in [0.5, 0.6) is 0 Å². The monoisotopic (exact) mass is 195 g/mol. The van der Waals surface area contributed by atoms with E-state index in [4.69, 9.17) is 11.5 Å². The van der Waals surface area contributed by atoms with E-state index >= 15 is 0 Å². The maximum Gasteiger partial charge on any atom is 0.186 e. The van der Waals surface area contributed by atoms with E-state index in [1.807, 2.05) is 0 Å². The van der Waals surface area contributed by atoms with E-state index in [9.17, 15) is 0 Å². The van der Waals surface area contributed by atoms with Crippen molar-refractivity contribution in [2.75, 3.05) is 0 Å². The van der Waals surface area contributed by atoms with Gasteiger partial charge in [0.2, 0.25) is 0 Å². The molecule has 3 heteroatoms. The van der Waals surface area contributed by atoms with Gasteiger partial charge in [0.25, 0.3) is 0 Å². The highest BCUT2D eigenvalue weighted by Gasteiger charge is 2.34. The van der Waals surface area contributed by atoms with Crippen LogP contribution in [-0.4, -0.2) is 12.0 Å². The van der Waals surface area contributed by atoms with E-state index in [2.05, 4.69) is 4.99 Å². The van der Waals surface area contributed by atoms with Gasteiger partial charge >= 0.3 is 0 Å². The van der Waals surface area contributed by atoms with E-state index in [1.54, 1.807) is 0 Å². The molecule has 4 N–H and O–H groups in total. The van der Waals surface area contributed by atoms with Crippen LogP contribution in [0.15, 0.2) is 4.99 Å². The molecular formula is C11H21N3. The molecule has 0 saturated heterocycles. The Balaban J connectivity index is 2.05. The maximum absolute atomic E-state index is 5.47. The van der Waals surface area contributed by atoms with Crippen molar-refractivity contribution in [3.8, 4) is 0 Å². The molecular weight excluding hydrogens is 174 g/mol. The van der Waals surface area contributed by atoms with Crippen LogP contribution < -0.4 is 11.5 Å². The number of fused-ring (bicyclic) bond motifs is 1. The number of rotatable bonds is 1. The highest BCUT2D eigenvalue weighted by molar-refractivity contribution is 5.75. The lowest BCUT2D eigenvalue weighted by molar-refractivity contribution is 0.147. The van der Waals surface area contributed by atoms with Crippen LogP contribution in [0, 0.1) is 11.8 Å². The van der Waals surface area contributed by atoms with E-state index in [-0.39, 0.29) is 5.96 Å². The van der Waals surface area contributed by atoms with Crippen LogP contribution in [0.4, 0.5) is 0 Å². The molecule has 14 heavy (non-hydrogen) atoms. The first-order valence-electron chi connectivity index (χ1n) is 5.86. The molecule has 2 aliphatic carbocycles. The van der Waals surface area contributed by atoms with Gasteiger partial charge < -0.3 is 11.5 Å². The molecule has 0 heterocycles. The lowest BCUT2D eigenvalue weighted by atomic mass is 9.68. The Kier molecular flexibility index (Phi) is 2.94. The van der Waals surface area contributed by atoms with Gasteiger partial charge in [-0.15, -0.1) is 0 Å². The molecule has 0 aromatic heterocycles. The van der Waals surface area contributed by atoms with Crippen molar-refractivity contribution in [3.05, 3.63) is 0 Å². The zero-order chi connectivity index (χ0) is 9.97. The van der Waals surface area contributed by atoms with Crippen LogP contribution in [0.3, 0.4) is 0 Å². The highest BCUT2D eigenvalue weighted by Crippen LogP contribution is 2.41. The van der Waals surface area contributed by atoms with Gasteiger partial charge in [0.1, 0.15) is 0 Å². The van der Waals surface area contributed by atoms with E-state index in [1.165, 1.54) is 44.9 Å². The van der Waals surface area contributed by atoms with E-state index in [0.717, 1.165) is 11.8 Å². The van der Waals surface area contributed by atoms with Crippen LogP contribution in [0.1, 0.15) is 44.9 Å².